The summed E-state index contributed by atoms with van der Waals surface area (Å²) in [4.78, 5) is 58.9. The van der Waals surface area contributed by atoms with Gasteiger partial charge in [-0.25, -0.2) is 4.98 Å². The van der Waals surface area contributed by atoms with Crippen molar-refractivity contribution in [1.29, 1.82) is 0 Å². The molecule has 0 bridgehead atoms. The third kappa shape index (κ3) is 6.23. The highest BCUT2D eigenvalue weighted by Gasteiger charge is 2.22. The van der Waals surface area contributed by atoms with Crippen molar-refractivity contribution >= 4 is 46.2 Å². The van der Waals surface area contributed by atoms with Gasteiger partial charge in [0, 0.05) is 55.5 Å². The molecule has 3 heterocycles. The maximum atomic E-state index is 13.4. The number of hydrogen-bond acceptors (Lipinski definition) is 6. The number of hydrogen-bond donors (Lipinski definition) is 1. The lowest BCUT2D eigenvalue weighted by atomic mass is 10.1. The number of carbonyl (C=O) groups is 4. The minimum Gasteiger partial charge on any atom is -0.451 e. The number of carbonyl (C=O) groups excluding carboxylic acids is 4. The summed E-state index contributed by atoms with van der Waals surface area (Å²) >= 11 is 0. The number of benzene rings is 3. The third-order valence-electron chi connectivity index (χ3n) is 8.10. The lowest BCUT2D eigenvalue weighted by Gasteiger charge is -2.18. The molecule has 5 aromatic rings. The first-order valence-electron chi connectivity index (χ1n) is 15.1. The lowest BCUT2D eigenvalue weighted by molar-refractivity contribution is -0.127. The molecule has 1 aliphatic heterocycles. The number of rotatable bonds is 11. The molecule has 2 aromatic heterocycles. The number of aromatic nitrogens is 2. The van der Waals surface area contributed by atoms with E-state index in [4.69, 9.17) is 9.40 Å². The molecule has 1 N–H and O–H groups in total. The fourth-order valence-electron chi connectivity index (χ4n) is 5.62. The average molecular weight is 616 g/mol. The van der Waals surface area contributed by atoms with E-state index in [9.17, 15) is 19.2 Å². The number of fused-ring (bicyclic) bond motifs is 1. The van der Waals surface area contributed by atoms with Crippen LogP contribution in [0.2, 0.25) is 0 Å². The van der Waals surface area contributed by atoms with Gasteiger partial charge in [-0.05, 0) is 67.4 Å². The highest BCUT2D eigenvalue weighted by molar-refractivity contribution is 6.07. The molecule has 1 fully saturated rings. The predicted molar refractivity (Wildman–Crippen MR) is 176 cm³/mol. The summed E-state index contributed by atoms with van der Waals surface area (Å²) in [5.41, 5.74) is 3.71. The van der Waals surface area contributed by atoms with Crippen molar-refractivity contribution in [3.63, 3.8) is 0 Å². The van der Waals surface area contributed by atoms with Crippen molar-refractivity contribution < 1.29 is 23.6 Å². The average Bonchev–Trinajstić information content (AvgIpc) is 3.83. The van der Waals surface area contributed by atoms with Gasteiger partial charge in [0.2, 0.25) is 11.9 Å². The maximum Gasteiger partial charge on any atom is 0.293 e. The van der Waals surface area contributed by atoms with Crippen LogP contribution in [0, 0.1) is 0 Å². The molecule has 10 nitrogen and oxygen atoms in total. The zero-order chi connectivity index (χ0) is 32.2. The topological polar surface area (TPSA) is 118 Å². The summed E-state index contributed by atoms with van der Waals surface area (Å²) in [6, 6.07) is 24.7. The molecule has 0 unspecified atom stereocenters. The highest BCUT2D eigenvalue weighted by atomic mass is 16.4. The van der Waals surface area contributed by atoms with E-state index in [2.05, 4.69) is 11.9 Å². The predicted octanol–water partition coefficient (Wildman–Crippen LogP) is 6.21. The second-order valence-corrected chi connectivity index (χ2v) is 11.1. The molecule has 1 aliphatic rings. The van der Waals surface area contributed by atoms with Gasteiger partial charge in [-0.3, -0.25) is 24.5 Å². The van der Waals surface area contributed by atoms with E-state index in [0.717, 1.165) is 18.5 Å². The van der Waals surface area contributed by atoms with Crippen molar-refractivity contribution in [2.24, 2.45) is 0 Å². The van der Waals surface area contributed by atoms with Gasteiger partial charge in [0.05, 0.1) is 11.0 Å². The Morgan fingerprint density at radius 1 is 0.978 bits per heavy atom. The van der Waals surface area contributed by atoms with Gasteiger partial charge in [-0.2, -0.15) is 0 Å². The van der Waals surface area contributed by atoms with E-state index >= 15 is 0 Å². The fraction of sp³-hybridized carbons (Fsp3) is 0.194. The number of aryl methyl sites for hydroxylation is 1. The highest BCUT2D eigenvalue weighted by Crippen LogP contribution is 2.28. The van der Waals surface area contributed by atoms with E-state index in [1.165, 1.54) is 6.08 Å². The molecular formula is C36H33N5O5. The first-order chi connectivity index (χ1) is 22.3. The minimum absolute atomic E-state index is 0.0746. The van der Waals surface area contributed by atoms with Gasteiger partial charge >= 0.3 is 0 Å². The van der Waals surface area contributed by atoms with E-state index < -0.39 is 5.91 Å². The Morgan fingerprint density at radius 2 is 1.78 bits per heavy atom. The number of nitrogens with zero attached hydrogens (tertiary/aromatic N) is 4. The van der Waals surface area contributed by atoms with Gasteiger partial charge < -0.3 is 18.8 Å². The number of anilines is 2. The van der Waals surface area contributed by atoms with Gasteiger partial charge in [0.25, 0.3) is 11.8 Å². The number of amides is 3. The van der Waals surface area contributed by atoms with E-state index in [0.29, 0.717) is 65.5 Å². The molecular weight excluding hydrogens is 582 g/mol. The third-order valence-corrected chi connectivity index (χ3v) is 8.10. The molecule has 0 atom stereocenters. The normalized spacial score (nSPS) is 12.8. The van der Waals surface area contributed by atoms with Gasteiger partial charge in [0.15, 0.2) is 11.5 Å². The Bertz CT molecular complexity index is 1960. The van der Waals surface area contributed by atoms with Crippen molar-refractivity contribution in [3.8, 4) is 11.3 Å². The van der Waals surface area contributed by atoms with Crippen LogP contribution in [0.25, 0.3) is 22.4 Å². The number of likely N-dealkylation sites (tertiary alicyclic amines) is 1. The molecule has 10 heteroatoms. The molecule has 0 saturated carbocycles. The van der Waals surface area contributed by atoms with Crippen LogP contribution in [0.4, 0.5) is 11.6 Å². The summed E-state index contributed by atoms with van der Waals surface area (Å²) < 4.78 is 7.80. The van der Waals surface area contributed by atoms with Gasteiger partial charge in [-0.1, -0.05) is 43.0 Å². The molecule has 232 valence electrons. The smallest absolute Gasteiger partial charge is 0.293 e. The Labute approximate surface area is 265 Å². The lowest BCUT2D eigenvalue weighted by Crippen LogP contribution is -2.26. The molecule has 0 radical (unpaired) electrons. The van der Waals surface area contributed by atoms with Crippen molar-refractivity contribution in [3.05, 3.63) is 114 Å². The Hall–Kier alpha value is -5.77. The van der Waals surface area contributed by atoms with Crippen LogP contribution in [0.5, 0.6) is 0 Å². The second kappa shape index (κ2) is 13.1. The first kappa shape index (κ1) is 30.3. The SMILES string of the molecule is C=CC(=O)c1cccc(-c2ccc(C(=O)Nc3nc4cc(N(C)C(=O)c5ccccc5)ccc4n3CCCN3CCCC3=O)o2)c1. The van der Waals surface area contributed by atoms with Crippen LogP contribution in [-0.2, 0) is 11.3 Å². The van der Waals surface area contributed by atoms with Gasteiger partial charge in [-0.15, -0.1) is 0 Å². The summed E-state index contributed by atoms with van der Waals surface area (Å²) in [6.07, 6.45) is 3.36. The largest absolute Gasteiger partial charge is 0.451 e. The number of allylic oxidation sites excluding steroid dienone is 1. The summed E-state index contributed by atoms with van der Waals surface area (Å²) in [5.74, 6) is 0.127. The van der Waals surface area contributed by atoms with Crippen LogP contribution in [0.1, 0.15) is 50.5 Å². The number of furan rings is 1. The summed E-state index contributed by atoms with van der Waals surface area (Å²) in [6.45, 7) is 5.40. The van der Waals surface area contributed by atoms with Crippen LogP contribution in [0.15, 0.2) is 102 Å². The summed E-state index contributed by atoms with van der Waals surface area (Å²) in [5, 5.41) is 2.90. The van der Waals surface area contributed by atoms with Crippen LogP contribution in [0.3, 0.4) is 0 Å². The fourth-order valence-corrected chi connectivity index (χ4v) is 5.62. The summed E-state index contributed by atoms with van der Waals surface area (Å²) in [7, 11) is 1.71. The van der Waals surface area contributed by atoms with E-state index in [1.807, 2.05) is 45.9 Å². The zero-order valence-electron chi connectivity index (χ0n) is 25.4. The van der Waals surface area contributed by atoms with Gasteiger partial charge in [0.1, 0.15) is 5.76 Å². The van der Waals surface area contributed by atoms with E-state index in [-0.39, 0.29) is 23.4 Å². The van der Waals surface area contributed by atoms with Crippen LogP contribution >= 0.6 is 0 Å². The number of nitrogens with one attached hydrogen (secondary N) is 1. The van der Waals surface area contributed by atoms with E-state index in [1.54, 1.807) is 60.5 Å². The number of ketones is 1. The Morgan fingerprint density at radius 3 is 2.54 bits per heavy atom. The van der Waals surface area contributed by atoms with Crippen LogP contribution < -0.4 is 10.2 Å². The van der Waals surface area contributed by atoms with Crippen molar-refractivity contribution in [2.75, 3.05) is 30.4 Å². The Balaban J connectivity index is 1.27. The zero-order valence-corrected chi connectivity index (χ0v) is 25.4. The molecule has 0 spiro atoms. The maximum absolute atomic E-state index is 13.4. The molecule has 1 saturated heterocycles. The molecule has 3 aromatic carbocycles. The van der Waals surface area contributed by atoms with Crippen LogP contribution in [-0.4, -0.2) is 58.1 Å². The molecule has 0 aliphatic carbocycles. The molecule has 46 heavy (non-hydrogen) atoms. The molecule has 6 rings (SSSR count). The second-order valence-electron chi connectivity index (χ2n) is 11.1. The first-order valence-corrected chi connectivity index (χ1v) is 15.1. The quantitative estimate of drug-likeness (QED) is 0.140. The monoisotopic (exact) mass is 615 g/mol. The minimum atomic E-state index is -0.493. The molecule has 3 amide bonds. The number of imidazole rings is 1. The Kier molecular flexibility index (Phi) is 8.60. The standard InChI is InChI=1S/C36H33N5O5/c1-3-30(42)25-12-7-13-26(22-25)31-17-18-32(46-31)34(44)38-36-37-28-23-27(39(2)35(45)24-10-5-4-6-11-24)15-16-29(28)41(36)21-9-20-40-19-8-14-33(40)43/h3-7,10-13,15-18,22-23H,1,8-9,14,19-21H2,2H3,(H,37,38,44). The van der Waals surface area contributed by atoms with Crippen molar-refractivity contribution in [1.82, 2.24) is 14.5 Å². The van der Waals surface area contributed by atoms with Crippen molar-refractivity contribution in [2.45, 2.75) is 25.8 Å².